The summed E-state index contributed by atoms with van der Waals surface area (Å²) in [5, 5.41) is 18.5. The highest BCUT2D eigenvalue weighted by atomic mass is 16.6. The second-order valence-corrected chi connectivity index (χ2v) is 4.39. The smallest absolute Gasteiger partial charge is 0.361 e. The molecular formula is C14H14N4O6. The number of rotatable bonds is 6. The van der Waals surface area contributed by atoms with Gasteiger partial charge in [0.25, 0.3) is 5.69 Å². The fourth-order valence-electron chi connectivity index (χ4n) is 1.97. The van der Waals surface area contributed by atoms with E-state index in [4.69, 9.17) is 9.47 Å². The van der Waals surface area contributed by atoms with Crippen LogP contribution in [0.1, 0.15) is 34.8 Å². The minimum atomic E-state index is -0.885. The average Bonchev–Trinajstić information content (AvgIpc) is 3.00. The lowest BCUT2D eigenvalue weighted by Crippen LogP contribution is -2.17. The molecule has 2 aromatic rings. The van der Waals surface area contributed by atoms with Crippen molar-refractivity contribution < 1.29 is 24.0 Å². The van der Waals surface area contributed by atoms with Gasteiger partial charge in [0.2, 0.25) is 5.69 Å². The molecule has 0 N–H and O–H groups in total. The van der Waals surface area contributed by atoms with Gasteiger partial charge in [-0.2, -0.15) is 4.68 Å². The summed E-state index contributed by atoms with van der Waals surface area (Å²) in [6, 6.07) is 5.62. The zero-order valence-electron chi connectivity index (χ0n) is 13.0. The summed E-state index contributed by atoms with van der Waals surface area (Å²) < 4.78 is 10.6. The van der Waals surface area contributed by atoms with Gasteiger partial charge in [-0.05, 0) is 19.9 Å². The van der Waals surface area contributed by atoms with Crippen LogP contribution in [-0.2, 0) is 9.47 Å². The van der Waals surface area contributed by atoms with Crippen molar-refractivity contribution in [3.05, 3.63) is 45.8 Å². The van der Waals surface area contributed by atoms with Crippen molar-refractivity contribution in [2.75, 3.05) is 13.2 Å². The lowest BCUT2D eigenvalue weighted by Gasteiger charge is -2.07. The Morgan fingerprint density at radius 3 is 2.42 bits per heavy atom. The summed E-state index contributed by atoms with van der Waals surface area (Å²) in [5.41, 5.74) is -1.02. The molecule has 0 spiro atoms. The van der Waals surface area contributed by atoms with Crippen LogP contribution in [0.2, 0.25) is 0 Å². The fourth-order valence-corrected chi connectivity index (χ4v) is 1.97. The Bertz CT molecular complexity index is 785. The Morgan fingerprint density at radius 1 is 1.17 bits per heavy atom. The molecule has 1 heterocycles. The Morgan fingerprint density at radius 2 is 1.79 bits per heavy atom. The van der Waals surface area contributed by atoms with E-state index in [1.54, 1.807) is 13.8 Å². The summed E-state index contributed by atoms with van der Waals surface area (Å²) in [5.74, 6) is -1.76. The number of para-hydroxylation sites is 2. The second kappa shape index (κ2) is 7.31. The van der Waals surface area contributed by atoms with Crippen LogP contribution in [0.5, 0.6) is 0 Å². The van der Waals surface area contributed by atoms with Crippen molar-refractivity contribution in [3.8, 4) is 5.69 Å². The van der Waals surface area contributed by atoms with Crippen molar-refractivity contribution in [2.24, 2.45) is 0 Å². The average molecular weight is 334 g/mol. The number of nitrogens with zero attached hydrogens (tertiary/aromatic N) is 4. The van der Waals surface area contributed by atoms with Gasteiger partial charge in [0, 0.05) is 6.07 Å². The molecule has 0 atom stereocenters. The van der Waals surface area contributed by atoms with Crippen LogP contribution in [0.3, 0.4) is 0 Å². The summed E-state index contributed by atoms with van der Waals surface area (Å²) in [6.07, 6.45) is 0. The topological polar surface area (TPSA) is 126 Å². The molecule has 10 heteroatoms. The number of nitro groups is 1. The monoisotopic (exact) mass is 334 g/mol. The normalized spacial score (nSPS) is 10.2. The van der Waals surface area contributed by atoms with Crippen molar-refractivity contribution in [1.29, 1.82) is 0 Å². The third-order valence-electron chi connectivity index (χ3n) is 2.91. The SMILES string of the molecule is CCOC(=O)c1nnn(-c2ccccc2[N+](=O)[O-])c1C(=O)OCC. The molecule has 0 saturated carbocycles. The van der Waals surface area contributed by atoms with E-state index in [0.717, 1.165) is 4.68 Å². The first-order valence-corrected chi connectivity index (χ1v) is 7.04. The zero-order chi connectivity index (χ0) is 17.7. The van der Waals surface area contributed by atoms with E-state index in [9.17, 15) is 19.7 Å². The van der Waals surface area contributed by atoms with Crippen LogP contribution in [0.15, 0.2) is 24.3 Å². The molecule has 1 aromatic carbocycles. The molecule has 0 fully saturated rings. The molecular weight excluding hydrogens is 320 g/mol. The zero-order valence-corrected chi connectivity index (χ0v) is 13.0. The molecule has 0 aliphatic carbocycles. The Hall–Kier alpha value is -3.30. The van der Waals surface area contributed by atoms with E-state index in [-0.39, 0.29) is 36.0 Å². The van der Waals surface area contributed by atoms with Gasteiger partial charge in [-0.15, -0.1) is 5.10 Å². The highest BCUT2D eigenvalue weighted by Gasteiger charge is 2.30. The van der Waals surface area contributed by atoms with E-state index in [2.05, 4.69) is 10.3 Å². The second-order valence-electron chi connectivity index (χ2n) is 4.39. The maximum atomic E-state index is 12.2. The lowest BCUT2D eigenvalue weighted by molar-refractivity contribution is -0.384. The fraction of sp³-hybridized carbons (Fsp3) is 0.286. The first-order valence-electron chi connectivity index (χ1n) is 7.04. The lowest BCUT2D eigenvalue weighted by atomic mass is 10.2. The van der Waals surface area contributed by atoms with Gasteiger partial charge < -0.3 is 9.47 Å². The summed E-state index contributed by atoms with van der Waals surface area (Å²) in [7, 11) is 0. The third-order valence-corrected chi connectivity index (χ3v) is 2.91. The standard InChI is InChI=1S/C14H14N4O6/c1-3-23-13(19)11-12(14(20)24-4-2)17(16-15-11)9-7-5-6-8-10(9)18(21)22/h5-8H,3-4H2,1-2H3. The summed E-state index contributed by atoms with van der Waals surface area (Å²) in [4.78, 5) is 34.7. The van der Waals surface area contributed by atoms with Gasteiger partial charge in [0.05, 0.1) is 18.1 Å². The first-order chi connectivity index (χ1) is 11.5. The number of carbonyl (C=O) groups is 2. The summed E-state index contributed by atoms with van der Waals surface area (Å²) in [6.45, 7) is 3.29. The van der Waals surface area contributed by atoms with Crippen molar-refractivity contribution in [1.82, 2.24) is 15.0 Å². The largest absolute Gasteiger partial charge is 0.461 e. The maximum Gasteiger partial charge on any atom is 0.361 e. The van der Waals surface area contributed by atoms with E-state index in [1.165, 1.54) is 24.3 Å². The van der Waals surface area contributed by atoms with E-state index >= 15 is 0 Å². The molecule has 0 saturated heterocycles. The van der Waals surface area contributed by atoms with Crippen LogP contribution in [-0.4, -0.2) is 45.1 Å². The highest BCUT2D eigenvalue weighted by molar-refractivity contribution is 6.01. The number of esters is 2. The Balaban J connectivity index is 2.65. The van der Waals surface area contributed by atoms with Gasteiger partial charge >= 0.3 is 11.9 Å². The third kappa shape index (κ3) is 3.21. The van der Waals surface area contributed by atoms with E-state index < -0.39 is 16.9 Å². The number of hydrogen-bond acceptors (Lipinski definition) is 8. The van der Waals surface area contributed by atoms with Gasteiger partial charge in [-0.1, -0.05) is 17.3 Å². The van der Waals surface area contributed by atoms with Crippen molar-refractivity contribution in [3.63, 3.8) is 0 Å². The number of benzene rings is 1. The first kappa shape index (κ1) is 17.1. The van der Waals surface area contributed by atoms with E-state index in [1.807, 2.05) is 0 Å². The van der Waals surface area contributed by atoms with Crippen LogP contribution in [0, 0.1) is 10.1 Å². The Kier molecular flexibility index (Phi) is 5.20. The number of nitro benzene ring substituents is 1. The number of ether oxygens (including phenoxy) is 2. The molecule has 0 bridgehead atoms. The molecule has 10 nitrogen and oxygen atoms in total. The quantitative estimate of drug-likeness (QED) is 0.442. The molecule has 0 aliphatic rings. The maximum absolute atomic E-state index is 12.2. The Labute approximate surface area is 136 Å². The molecule has 0 unspecified atom stereocenters. The molecule has 24 heavy (non-hydrogen) atoms. The molecule has 0 radical (unpaired) electrons. The molecule has 126 valence electrons. The molecule has 0 amide bonds. The minimum Gasteiger partial charge on any atom is -0.461 e. The van der Waals surface area contributed by atoms with E-state index in [0.29, 0.717) is 0 Å². The number of aromatic nitrogens is 3. The van der Waals surface area contributed by atoms with Gasteiger partial charge in [-0.25, -0.2) is 9.59 Å². The van der Waals surface area contributed by atoms with Crippen molar-refractivity contribution in [2.45, 2.75) is 13.8 Å². The van der Waals surface area contributed by atoms with Crippen LogP contribution < -0.4 is 0 Å². The number of carbonyl (C=O) groups excluding carboxylic acids is 2. The summed E-state index contributed by atoms with van der Waals surface area (Å²) >= 11 is 0. The minimum absolute atomic E-state index is 0.0198. The molecule has 2 rings (SSSR count). The number of hydrogen-bond donors (Lipinski definition) is 0. The van der Waals surface area contributed by atoms with Crippen LogP contribution in [0.4, 0.5) is 5.69 Å². The van der Waals surface area contributed by atoms with Gasteiger partial charge in [-0.3, -0.25) is 10.1 Å². The predicted octanol–water partition coefficient (Wildman–Crippen LogP) is 1.53. The highest BCUT2D eigenvalue weighted by Crippen LogP contribution is 2.24. The van der Waals surface area contributed by atoms with Crippen molar-refractivity contribution >= 4 is 17.6 Å². The molecule has 1 aromatic heterocycles. The molecule has 0 aliphatic heterocycles. The predicted molar refractivity (Wildman–Crippen MR) is 79.9 cm³/mol. The van der Waals surface area contributed by atoms with Gasteiger partial charge in [0.15, 0.2) is 5.69 Å². The van der Waals surface area contributed by atoms with Crippen LogP contribution in [0.25, 0.3) is 5.69 Å². The van der Waals surface area contributed by atoms with Gasteiger partial charge in [0.1, 0.15) is 5.69 Å². The van der Waals surface area contributed by atoms with Crippen LogP contribution >= 0.6 is 0 Å².